The normalized spacial score (nSPS) is 22.2. The van der Waals surface area contributed by atoms with Gasteiger partial charge in [-0.05, 0) is 89.8 Å². The third kappa shape index (κ3) is 3.49. The number of nitrogens with one attached hydrogen (secondary N) is 1. The van der Waals surface area contributed by atoms with E-state index in [4.69, 9.17) is 4.98 Å². The van der Waals surface area contributed by atoms with Gasteiger partial charge in [0.15, 0.2) is 0 Å². The molecule has 166 valence electrons. The monoisotopic (exact) mass is 437 g/mol. The third-order valence-electron chi connectivity index (χ3n) is 7.99. The number of rotatable bonds is 3. The van der Waals surface area contributed by atoms with Gasteiger partial charge in [0.25, 0.3) is 0 Å². The van der Waals surface area contributed by atoms with Gasteiger partial charge in [-0.15, -0.1) is 0 Å². The van der Waals surface area contributed by atoms with Gasteiger partial charge in [-0.3, -0.25) is 4.98 Å². The molecule has 1 N–H and O–H groups in total. The van der Waals surface area contributed by atoms with Crippen LogP contribution in [-0.4, -0.2) is 15.0 Å². The van der Waals surface area contributed by atoms with Gasteiger partial charge in [-0.25, -0.2) is 9.37 Å². The second-order valence-corrected chi connectivity index (χ2v) is 10.0. The lowest BCUT2D eigenvalue weighted by atomic mass is 9.65. The summed E-state index contributed by atoms with van der Waals surface area (Å²) in [7, 11) is 0. The highest BCUT2D eigenvalue weighted by Gasteiger charge is 2.36. The predicted molar refractivity (Wildman–Crippen MR) is 133 cm³/mol. The zero-order valence-electron chi connectivity index (χ0n) is 19.1. The van der Waals surface area contributed by atoms with Crippen LogP contribution in [-0.2, 0) is 5.41 Å². The van der Waals surface area contributed by atoms with Crippen LogP contribution in [0.3, 0.4) is 0 Å². The largest absolute Gasteiger partial charge is 0.342 e. The molecule has 5 aromatic rings. The minimum absolute atomic E-state index is 0.0385. The average molecular weight is 438 g/mol. The maximum absolute atomic E-state index is 14.0. The van der Waals surface area contributed by atoms with Crippen molar-refractivity contribution in [1.82, 2.24) is 15.0 Å². The number of benzene rings is 3. The van der Waals surface area contributed by atoms with Crippen LogP contribution in [0.1, 0.15) is 56.8 Å². The summed E-state index contributed by atoms with van der Waals surface area (Å²) < 4.78 is 14.0. The van der Waals surface area contributed by atoms with Crippen molar-refractivity contribution in [3.63, 3.8) is 0 Å². The Labute approximate surface area is 193 Å². The molecule has 0 amide bonds. The molecule has 0 unspecified atom stereocenters. The minimum atomic E-state index is -0.194. The molecule has 1 fully saturated rings. The van der Waals surface area contributed by atoms with Crippen molar-refractivity contribution in [1.29, 1.82) is 0 Å². The molecule has 1 saturated carbocycles. The van der Waals surface area contributed by atoms with Crippen LogP contribution in [0.15, 0.2) is 66.9 Å². The molecule has 4 heteroatoms. The lowest BCUT2D eigenvalue weighted by Crippen LogP contribution is -2.30. The van der Waals surface area contributed by atoms with Gasteiger partial charge in [0.2, 0.25) is 0 Å². The van der Waals surface area contributed by atoms with E-state index in [9.17, 15) is 4.39 Å². The number of fused-ring (bicyclic) bond motifs is 3. The highest BCUT2D eigenvalue weighted by Crippen LogP contribution is 2.46. The van der Waals surface area contributed by atoms with E-state index in [0.29, 0.717) is 11.8 Å². The Morgan fingerprint density at radius 2 is 1.73 bits per heavy atom. The Hall–Kier alpha value is -3.27. The summed E-state index contributed by atoms with van der Waals surface area (Å²) >= 11 is 0. The van der Waals surface area contributed by atoms with Crippen LogP contribution in [0.5, 0.6) is 0 Å². The smallest absolute Gasteiger partial charge is 0.123 e. The number of hydrogen-bond donors (Lipinski definition) is 1. The Morgan fingerprint density at radius 3 is 2.52 bits per heavy atom. The molecule has 3 nitrogen and oxygen atoms in total. The fraction of sp³-hybridized carbons (Fsp3) is 0.310. The van der Waals surface area contributed by atoms with Crippen LogP contribution in [0, 0.1) is 11.7 Å². The van der Waals surface area contributed by atoms with Gasteiger partial charge in [0.1, 0.15) is 11.6 Å². The van der Waals surface area contributed by atoms with Crippen molar-refractivity contribution in [2.45, 2.75) is 50.9 Å². The number of hydrogen-bond acceptors (Lipinski definition) is 2. The molecule has 1 aliphatic rings. The Bertz CT molecular complexity index is 1420. The summed E-state index contributed by atoms with van der Waals surface area (Å²) in [4.78, 5) is 13.0. The van der Waals surface area contributed by atoms with Crippen molar-refractivity contribution in [2.75, 3.05) is 0 Å². The highest BCUT2D eigenvalue weighted by atomic mass is 19.1. The topological polar surface area (TPSA) is 41.6 Å². The molecule has 2 heterocycles. The first kappa shape index (κ1) is 20.3. The predicted octanol–water partition coefficient (Wildman–Crippen LogP) is 7.66. The molecule has 2 aromatic heterocycles. The number of halogens is 1. The van der Waals surface area contributed by atoms with E-state index in [1.807, 2.05) is 6.20 Å². The Balaban J connectivity index is 1.25. The summed E-state index contributed by atoms with van der Waals surface area (Å²) in [5.41, 5.74) is 4.30. The third-order valence-corrected chi connectivity index (χ3v) is 7.99. The van der Waals surface area contributed by atoms with E-state index in [1.54, 1.807) is 12.1 Å². The second kappa shape index (κ2) is 7.65. The number of imidazole rings is 1. The van der Waals surface area contributed by atoms with E-state index in [-0.39, 0.29) is 11.2 Å². The zero-order chi connectivity index (χ0) is 22.6. The van der Waals surface area contributed by atoms with E-state index < -0.39 is 0 Å². The molecular formula is C29H28FN3. The maximum atomic E-state index is 14.0. The van der Waals surface area contributed by atoms with Crippen molar-refractivity contribution in [3.05, 3.63) is 84.1 Å². The lowest BCUT2D eigenvalue weighted by Gasteiger charge is -2.40. The summed E-state index contributed by atoms with van der Waals surface area (Å²) in [6.07, 6.45) is 6.31. The first-order valence-electron chi connectivity index (χ1n) is 11.9. The summed E-state index contributed by atoms with van der Waals surface area (Å²) in [6, 6.07) is 19.9. The molecule has 0 saturated heterocycles. The van der Waals surface area contributed by atoms with Gasteiger partial charge in [-0.1, -0.05) is 38.1 Å². The van der Waals surface area contributed by atoms with Gasteiger partial charge < -0.3 is 4.98 Å². The molecule has 6 rings (SSSR count). The molecule has 1 aliphatic carbocycles. The first-order chi connectivity index (χ1) is 16.0. The van der Waals surface area contributed by atoms with Crippen molar-refractivity contribution in [2.24, 2.45) is 5.92 Å². The Kier molecular flexibility index (Phi) is 4.72. The lowest BCUT2D eigenvalue weighted by molar-refractivity contribution is 0.224. The van der Waals surface area contributed by atoms with E-state index in [0.717, 1.165) is 53.4 Å². The van der Waals surface area contributed by atoms with E-state index in [1.165, 1.54) is 22.4 Å². The summed E-state index contributed by atoms with van der Waals surface area (Å²) in [6.45, 7) is 4.64. The molecule has 33 heavy (non-hydrogen) atoms. The number of pyridine rings is 1. The molecule has 0 spiro atoms. The van der Waals surface area contributed by atoms with Crippen LogP contribution < -0.4 is 0 Å². The van der Waals surface area contributed by atoms with Gasteiger partial charge in [0.05, 0.1) is 16.6 Å². The first-order valence-corrected chi connectivity index (χ1v) is 11.9. The maximum Gasteiger partial charge on any atom is 0.123 e. The average Bonchev–Trinajstić information content (AvgIpc) is 3.25. The quantitative estimate of drug-likeness (QED) is 0.315. The minimum Gasteiger partial charge on any atom is -0.342 e. The molecule has 3 aromatic carbocycles. The molecule has 0 radical (unpaired) electrons. The van der Waals surface area contributed by atoms with Gasteiger partial charge >= 0.3 is 0 Å². The van der Waals surface area contributed by atoms with Crippen molar-refractivity contribution in [3.8, 4) is 0 Å². The number of aromatic amines is 1. The SMILES string of the molecule is C[C@@H](c1nc2cc3ccccc3cc2[nH]1)C1CCC(C)(c2ccnc3ccc(F)cc23)CC1. The summed E-state index contributed by atoms with van der Waals surface area (Å²) in [5, 5.41) is 3.42. The number of nitrogens with zero attached hydrogens (tertiary/aromatic N) is 2. The standard InChI is InChI=1S/C29H28FN3/c1-18(28-32-26-15-20-5-3-4-6-21(20)16-27(26)33-28)19-9-12-29(2,13-10-19)24-11-14-31-25-8-7-22(30)17-23(24)25/h3-8,11,14-19H,9-10,12-13H2,1-2H3,(H,32,33)/t18-,19?,29?/m1/s1. The van der Waals surface area contributed by atoms with Crippen LogP contribution >= 0.6 is 0 Å². The van der Waals surface area contributed by atoms with Gasteiger partial charge in [-0.2, -0.15) is 0 Å². The fourth-order valence-electron chi connectivity index (χ4n) is 5.85. The second-order valence-electron chi connectivity index (χ2n) is 10.0. The fourth-order valence-corrected chi connectivity index (χ4v) is 5.85. The van der Waals surface area contributed by atoms with Crippen LogP contribution in [0.2, 0.25) is 0 Å². The van der Waals surface area contributed by atoms with Gasteiger partial charge in [0, 0.05) is 17.5 Å². The Morgan fingerprint density at radius 1 is 0.970 bits per heavy atom. The molecule has 0 aliphatic heterocycles. The van der Waals surface area contributed by atoms with E-state index >= 15 is 0 Å². The highest BCUT2D eigenvalue weighted by molar-refractivity contribution is 5.95. The van der Waals surface area contributed by atoms with Crippen molar-refractivity contribution < 1.29 is 4.39 Å². The van der Waals surface area contributed by atoms with Crippen LogP contribution in [0.25, 0.3) is 32.7 Å². The number of H-pyrrole nitrogens is 1. The molecular weight excluding hydrogens is 409 g/mol. The molecule has 1 atom stereocenters. The van der Waals surface area contributed by atoms with E-state index in [2.05, 4.69) is 66.3 Å². The molecule has 0 bridgehead atoms. The van der Waals surface area contributed by atoms with Crippen LogP contribution in [0.4, 0.5) is 4.39 Å². The zero-order valence-corrected chi connectivity index (χ0v) is 19.1. The van der Waals surface area contributed by atoms with Crippen molar-refractivity contribution >= 4 is 32.7 Å². The summed E-state index contributed by atoms with van der Waals surface area (Å²) in [5.74, 6) is 1.85. The number of aromatic nitrogens is 3.